The summed E-state index contributed by atoms with van der Waals surface area (Å²) >= 11 is 6.78. The van der Waals surface area contributed by atoms with E-state index in [-0.39, 0.29) is 5.75 Å². The summed E-state index contributed by atoms with van der Waals surface area (Å²) in [7, 11) is 0. The number of nitrogens with one attached hydrogen (secondary N) is 1. The fourth-order valence-corrected chi connectivity index (χ4v) is 4.43. The van der Waals surface area contributed by atoms with Crippen LogP contribution in [0.4, 0.5) is 0 Å². The summed E-state index contributed by atoms with van der Waals surface area (Å²) in [4.78, 5) is 0. The van der Waals surface area contributed by atoms with E-state index in [2.05, 4.69) is 44.1 Å². The van der Waals surface area contributed by atoms with Crippen molar-refractivity contribution in [3.05, 3.63) is 26.6 Å². The Morgan fingerprint density at radius 3 is 2.35 bits per heavy atom. The minimum Gasteiger partial charge on any atom is -0.506 e. The SMILES string of the molecule is CCC(NCc1cc(Br)c(O)c(Br)c1)C1CCCCC1. The summed E-state index contributed by atoms with van der Waals surface area (Å²) in [5.41, 5.74) is 1.19. The van der Waals surface area contributed by atoms with Crippen molar-refractivity contribution in [2.45, 2.75) is 58.0 Å². The van der Waals surface area contributed by atoms with Gasteiger partial charge < -0.3 is 10.4 Å². The van der Waals surface area contributed by atoms with Gasteiger partial charge in [-0.05, 0) is 74.7 Å². The normalized spacial score (nSPS) is 18.1. The Kier molecular flexibility index (Phi) is 6.37. The minimum atomic E-state index is 0.271. The van der Waals surface area contributed by atoms with Gasteiger partial charge in [0.05, 0.1) is 8.95 Å². The van der Waals surface area contributed by atoms with Crippen LogP contribution in [0.5, 0.6) is 5.75 Å². The third-order valence-corrected chi connectivity index (χ3v) is 5.51. The number of rotatable bonds is 5. The molecule has 2 nitrogen and oxygen atoms in total. The van der Waals surface area contributed by atoms with Gasteiger partial charge in [-0.2, -0.15) is 0 Å². The molecular weight excluding hydrogens is 382 g/mol. The Bertz CT molecular complexity index is 421. The van der Waals surface area contributed by atoms with Crippen LogP contribution in [0.25, 0.3) is 0 Å². The number of benzene rings is 1. The molecule has 0 heterocycles. The lowest BCUT2D eigenvalue weighted by Gasteiger charge is -2.30. The van der Waals surface area contributed by atoms with Crippen molar-refractivity contribution >= 4 is 31.9 Å². The molecule has 1 aromatic rings. The van der Waals surface area contributed by atoms with Crippen molar-refractivity contribution in [2.75, 3.05) is 0 Å². The molecule has 1 fully saturated rings. The Labute approximate surface area is 138 Å². The van der Waals surface area contributed by atoms with Gasteiger partial charge in [0, 0.05) is 12.6 Å². The second-order valence-corrected chi connectivity index (χ2v) is 7.41. The van der Waals surface area contributed by atoms with E-state index < -0.39 is 0 Å². The van der Waals surface area contributed by atoms with Crippen molar-refractivity contribution in [3.8, 4) is 5.75 Å². The molecule has 0 spiro atoms. The smallest absolute Gasteiger partial charge is 0.143 e. The van der Waals surface area contributed by atoms with Gasteiger partial charge in [-0.3, -0.25) is 0 Å². The second kappa shape index (κ2) is 7.81. The zero-order valence-electron chi connectivity index (χ0n) is 12.0. The van der Waals surface area contributed by atoms with E-state index in [1.807, 2.05) is 12.1 Å². The van der Waals surface area contributed by atoms with Crippen LogP contribution in [0.3, 0.4) is 0 Å². The largest absolute Gasteiger partial charge is 0.506 e. The topological polar surface area (TPSA) is 32.3 Å². The Balaban J connectivity index is 1.95. The molecule has 2 N–H and O–H groups in total. The first-order valence-electron chi connectivity index (χ1n) is 7.52. The van der Waals surface area contributed by atoms with Crippen LogP contribution >= 0.6 is 31.9 Å². The zero-order valence-corrected chi connectivity index (χ0v) is 15.1. The van der Waals surface area contributed by atoms with Gasteiger partial charge in [-0.25, -0.2) is 0 Å². The number of halogens is 2. The van der Waals surface area contributed by atoms with Gasteiger partial charge in [-0.1, -0.05) is 26.2 Å². The molecular formula is C16H23Br2NO. The first kappa shape index (κ1) is 16.3. The number of hydrogen-bond donors (Lipinski definition) is 2. The number of aromatic hydroxyl groups is 1. The highest BCUT2D eigenvalue weighted by molar-refractivity contribution is 9.11. The molecule has 112 valence electrons. The lowest BCUT2D eigenvalue weighted by atomic mass is 9.83. The highest BCUT2D eigenvalue weighted by Crippen LogP contribution is 2.33. The Morgan fingerprint density at radius 2 is 1.80 bits per heavy atom. The number of phenols is 1. The van der Waals surface area contributed by atoms with Crippen LogP contribution in [0, 0.1) is 5.92 Å². The highest BCUT2D eigenvalue weighted by Gasteiger charge is 2.21. The summed E-state index contributed by atoms with van der Waals surface area (Å²) < 4.78 is 1.49. The van der Waals surface area contributed by atoms with Crippen molar-refractivity contribution in [2.24, 2.45) is 5.92 Å². The van der Waals surface area contributed by atoms with E-state index in [0.717, 1.165) is 21.4 Å². The lowest BCUT2D eigenvalue weighted by Crippen LogP contribution is -2.36. The number of phenolic OH excluding ortho intramolecular Hbond substituents is 1. The maximum Gasteiger partial charge on any atom is 0.143 e. The van der Waals surface area contributed by atoms with E-state index in [1.54, 1.807) is 0 Å². The summed E-state index contributed by atoms with van der Waals surface area (Å²) in [6, 6.07) is 4.59. The molecule has 1 aliphatic rings. The third-order valence-electron chi connectivity index (χ3n) is 4.30. The molecule has 4 heteroatoms. The Hall–Kier alpha value is -0.0600. The first-order chi connectivity index (χ1) is 9.61. The first-order valence-corrected chi connectivity index (χ1v) is 9.10. The highest BCUT2D eigenvalue weighted by atomic mass is 79.9. The molecule has 2 rings (SSSR count). The summed E-state index contributed by atoms with van der Waals surface area (Å²) in [5, 5.41) is 13.5. The molecule has 1 saturated carbocycles. The summed E-state index contributed by atoms with van der Waals surface area (Å²) in [5.74, 6) is 1.10. The van der Waals surface area contributed by atoms with Crippen molar-refractivity contribution in [3.63, 3.8) is 0 Å². The predicted molar refractivity (Wildman–Crippen MR) is 91.0 cm³/mol. The monoisotopic (exact) mass is 403 g/mol. The summed E-state index contributed by atoms with van der Waals surface area (Å²) in [6.45, 7) is 3.13. The fourth-order valence-electron chi connectivity index (χ4n) is 3.15. The Morgan fingerprint density at radius 1 is 1.20 bits per heavy atom. The lowest BCUT2D eigenvalue weighted by molar-refractivity contribution is 0.261. The molecule has 1 aromatic carbocycles. The van der Waals surface area contributed by atoms with E-state index in [1.165, 1.54) is 44.1 Å². The van der Waals surface area contributed by atoms with Gasteiger partial charge in [0.15, 0.2) is 0 Å². The average molecular weight is 405 g/mol. The molecule has 0 bridgehead atoms. The standard InChI is InChI=1S/C16H23Br2NO/c1-2-15(12-6-4-3-5-7-12)19-10-11-8-13(17)16(20)14(18)9-11/h8-9,12,15,19-20H,2-7,10H2,1H3. The van der Waals surface area contributed by atoms with Crippen molar-refractivity contribution in [1.29, 1.82) is 0 Å². The number of hydrogen-bond acceptors (Lipinski definition) is 2. The van der Waals surface area contributed by atoms with Crippen LogP contribution in [-0.2, 0) is 6.54 Å². The van der Waals surface area contributed by atoms with E-state index >= 15 is 0 Å². The molecule has 0 saturated heterocycles. The average Bonchev–Trinajstić information content (AvgIpc) is 2.46. The predicted octanol–water partition coefficient (Wildman–Crippen LogP) is 5.37. The van der Waals surface area contributed by atoms with Gasteiger partial charge in [0.2, 0.25) is 0 Å². The van der Waals surface area contributed by atoms with Gasteiger partial charge >= 0.3 is 0 Å². The molecule has 20 heavy (non-hydrogen) atoms. The van der Waals surface area contributed by atoms with E-state index in [4.69, 9.17) is 0 Å². The fraction of sp³-hybridized carbons (Fsp3) is 0.625. The van der Waals surface area contributed by atoms with E-state index in [9.17, 15) is 5.11 Å². The van der Waals surface area contributed by atoms with Crippen LogP contribution in [0.2, 0.25) is 0 Å². The molecule has 1 atom stereocenters. The molecule has 0 aliphatic heterocycles. The van der Waals surface area contributed by atoms with Crippen LogP contribution < -0.4 is 5.32 Å². The molecule has 1 aliphatic carbocycles. The molecule has 1 unspecified atom stereocenters. The molecule has 0 amide bonds. The van der Waals surface area contributed by atoms with E-state index in [0.29, 0.717) is 6.04 Å². The van der Waals surface area contributed by atoms with Crippen molar-refractivity contribution < 1.29 is 5.11 Å². The van der Waals surface area contributed by atoms with Crippen molar-refractivity contribution in [1.82, 2.24) is 5.32 Å². The second-order valence-electron chi connectivity index (χ2n) is 5.70. The maximum atomic E-state index is 9.74. The molecule has 0 radical (unpaired) electrons. The molecule has 0 aromatic heterocycles. The minimum absolute atomic E-state index is 0.271. The third kappa shape index (κ3) is 4.22. The van der Waals surface area contributed by atoms with Crippen LogP contribution in [0.1, 0.15) is 51.0 Å². The van der Waals surface area contributed by atoms with Gasteiger partial charge in [0.25, 0.3) is 0 Å². The summed E-state index contributed by atoms with van der Waals surface area (Å²) in [6.07, 6.45) is 8.11. The van der Waals surface area contributed by atoms with Crippen LogP contribution in [-0.4, -0.2) is 11.1 Å². The maximum absolute atomic E-state index is 9.74. The van der Waals surface area contributed by atoms with Crippen LogP contribution in [0.15, 0.2) is 21.1 Å². The van der Waals surface area contributed by atoms with Gasteiger partial charge in [-0.15, -0.1) is 0 Å². The zero-order chi connectivity index (χ0) is 14.5. The quantitative estimate of drug-likeness (QED) is 0.691. The van der Waals surface area contributed by atoms with Gasteiger partial charge in [0.1, 0.15) is 5.75 Å².